The Bertz CT molecular complexity index is 1150. The van der Waals surface area contributed by atoms with Crippen molar-refractivity contribution in [2.45, 2.75) is 16.7 Å². The molecule has 32 heavy (non-hydrogen) atoms. The van der Waals surface area contributed by atoms with Gasteiger partial charge in [-0.2, -0.15) is 21.6 Å². The van der Waals surface area contributed by atoms with Crippen LogP contribution in [0.4, 0.5) is 13.2 Å². The minimum Gasteiger partial charge on any atom is -0.393 e. The van der Waals surface area contributed by atoms with Crippen molar-refractivity contribution >= 4 is 15.9 Å². The molecule has 1 atom stereocenters. The lowest BCUT2D eigenvalue weighted by atomic mass is 9.87. The Morgan fingerprint density at radius 1 is 0.812 bits per heavy atom. The number of halogens is 3. The number of hydrogen-bond donors (Lipinski definition) is 3. The van der Waals surface area contributed by atoms with E-state index in [2.05, 4.69) is 0 Å². The van der Waals surface area contributed by atoms with Crippen LogP contribution in [0.15, 0.2) is 89.8 Å². The van der Waals surface area contributed by atoms with E-state index in [0.29, 0.717) is 23.3 Å². The number of carbonyl (C=O) groups is 1. The van der Waals surface area contributed by atoms with Gasteiger partial charge in [0, 0.05) is 5.56 Å². The largest absolute Gasteiger partial charge is 0.417 e. The molecule has 0 saturated heterocycles. The van der Waals surface area contributed by atoms with Gasteiger partial charge in [0.25, 0.3) is 10.1 Å². The van der Waals surface area contributed by atoms with E-state index in [0.717, 1.165) is 12.1 Å². The summed E-state index contributed by atoms with van der Waals surface area (Å²) in [7, 11) is -4.84. The number of aliphatic hydroxyl groups is 2. The predicted molar refractivity (Wildman–Crippen MR) is 109 cm³/mol. The SMILES string of the molecule is O=C(c1ccccc1)C(O)(CO)c1ccccc1.O=S(=O)(O)c1ccccc1C(F)(F)F. The van der Waals surface area contributed by atoms with Gasteiger partial charge in [0.2, 0.25) is 5.78 Å². The molecule has 0 radical (unpaired) electrons. The van der Waals surface area contributed by atoms with Gasteiger partial charge in [-0.1, -0.05) is 72.8 Å². The summed E-state index contributed by atoms with van der Waals surface area (Å²) in [5.41, 5.74) is -2.50. The number of Topliss-reactive ketones (excluding diaryl/α,β-unsaturated/α-hetero) is 1. The maximum Gasteiger partial charge on any atom is 0.417 e. The highest BCUT2D eigenvalue weighted by atomic mass is 32.2. The van der Waals surface area contributed by atoms with E-state index >= 15 is 0 Å². The summed E-state index contributed by atoms with van der Waals surface area (Å²) in [6, 6.07) is 20.3. The van der Waals surface area contributed by atoms with Crippen LogP contribution in [-0.2, 0) is 21.9 Å². The topological polar surface area (TPSA) is 112 Å². The van der Waals surface area contributed by atoms with Crippen LogP contribution in [0.1, 0.15) is 21.5 Å². The van der Waals surface area contributed by atoms with Gasteiger partial charge in [-0.25, -0.2) is 0 Å². The normalized spacial score (nSPS) is 13.4. The Morgan fingerprint density at radius 3 is 1.72 bits per heavy atom. The van der Waals surface area contributed by atoms with Crippen LogP contribution in [0, 0.1) is 0 Å². The molecule has 1 unspecified atom stereocenters. The van der Waals surface area contributed by atoms with Crippen molar-refractivity contribution in [3.8, 4) is 0 Å². The first-order valence-electron chi connectivity index (χ1n) is 9.03. The van der Waals surface area contributed by atoms with E-state index in [9.17, 15) is 36.6 Å². The van der Waals surface area contributed by atoms with E-state index in [1.807, 2.05) is 0 Å². The highest BCUT2D eigenvalue weighted by molar-refractivity contribution is 7.85. The molecule has 6 nitrogen and oxygen atoms in total. The standard InChI is InChI=1S/C15H14O3.C7H5F3O3S/c16-11-15(18,13-9-5-2-6-10-13)14(17)12-7-3-1-4-8-12;8-7(9,10)5-3-1-2-4-6(5)14(11,12)13/h1-10,16,18H,11H2;1-4H,(H,11,12,13). The Labute approximate surface area is 182 Å². The fraction of sp³-hybridized carbons (Fsp3) is 0.136. The van der Waals surface area contributed by atoms with Gasteiger partial charge in [0.15, 0.2) is 5.60 Å². The van der Waals surface area contributed by atoms with Crippen LogP contribution in [-0.4, -0.2) is 35.6 Å². The average Bonchev–Trinajstić information content (AvgIpc) is 2.78. The van der Waals surface area contributed by atoms with Crippen molar-refractivity contribution in [1.82, 2.24) is 0 Å². The molecule has 0 saturated carbocycles. The molecule has 3 rings (SSSR count). The summed E-state index contributed by atoms with van der Waals surface area (Å²) in [5.74, 6) is -0.503. The second kappa shape index (κ2) is 10.0. The van der Waals surface area contributed by atoms with Crippen molar-refractivity contribution in [1.29, 1.82) is 0 Å². The quantitative estimate of drug-likeness (QED) is 0.389. The number of benzene rings is 3. The third-order valence-corrected chi connectivity index (χ3v) is 5.27. The van der Waals surface area contributed by atoms with Crippen LogP contribution in [0.3, 0.4) is 0 Å². The van der Waals surface area contributed by atoms with E-state index in [-0.39, 0.29) is 0 Å². The molecule has 0 amide bonds. The molecule has 3 aromatic carbocycles. The third kappa shape index (κ3) is 6.01. The molecule has 0 heterocycles. The Morgan fingerprint density at radius 2 is 1.28 bits per heavy atom. The number of rotatable bonds is 5. The van der Waals surface area contributed by atoms with Crippen LogP contribution in [0.25, 0.3) is 0 Å². The lowest BCUT2D eigenvalue weighted by Crippen LogP contribution is -2.39. The summed E-state index contributed by atoms with van der Waals surface area (Å²) in [5, 5.41) is 19.8. The zero-order chi connectivity index (χ0) is 24.0. The molecule has 3 N–H and O–H groups in total. The fourth-order valence-electron chi connectivity index (χ4n) is 2.76. The van der Waals surface area contributed by atoms with Gasteiger partial charge in [-0.3, -0.25) is 9.35 Å². The van der Waals surface area contributed by atoms with Crippen LogP contribution < -0.4 is 0 Å². The highest BCUT2D eigenvalue weighted by Gasteiger charge is 2.38. The summed E-state index contributed by atoms with van der Waals surface area (Å²) in [6.45, 7) is -0.648. The summed E-state index contributed by atoms with van der Waals surface area (Å²) in [4.78, 5) is 11.2. The van der Waals surface area contributed by atoms with Gasteiger partial charge < -0.3 is 10.2 Å². The number of alkyl halides is 3. The molecule has 0 aromatic heterocycles. The molecule has 0 bridgehead atoms. The number of ketones is 1. The van der Waals surface area contributed by atoms with E-state index in [4.69, 9.17) is 4.55 Å². The van der Waals surface area contributed by atoms with Gasteiger partial charge in [-0.05, 0) is 17.7 Å². The maximum atomic E-state index is 12.3. The van der Waals surface area contributed by atoms with E-state index < -0.39 is 44.7 Å². The predicted octanol–water partition coefficient (Wildman–Crippen LogP) is 3.70. The van der Waals surface area contributed by atoms with Crippen LogP contribution in [0.5, 0.6) is 0 Å². The molecule has 0 fully saturated rings. The van der Waals surface area contributed by atoms with Gasteiger partial charge >= 0.3 is 6.18 Å². The first-order valence-corrected chi connectivity index (χ1v) is 10.5. The minimum atomic E-state index is -4.84. The maximum absolute atomic E-state index is 12.3. The Balaban J connectivity index is 0.000000235. The van der Waals surface area contributed by atoms with Crippen molar-refractivity contribution in [2.75, 3.05) is 6.61 Å². The van der Waals surface area contributed by atoms with Crippen LogP contribution in [0.2, 0.25) is 0 Å². The van der Waals surface area contributed by atoms with E-state index in [1.165, 1.54) is 0 Å². The van der Waals surface area contributed by atoms with Gasteiger partial charge in [0.1, 0.15) is 4.90 Å². The summed E-state index contributed by atoms with van der Waals surface area (Å²) < 4.78 is 66.2. The molecular formula is C22H19F3O6S. The van der Waals surface area contributed by atoms with Crippen molar-refractivity contribution in [3.05, 3.63) is 102 Å². The zero-order valence-corrected chi connectivity index (χ0v) is 17.2. The van der Waals surface area contributed by atoms with E-state index in [1.54, 1.807) is 60.7 Å². The first kappa shape index (κ1) is 25.2. The van der Waals surface area contributed by atoms with Crippen LogP contribution >= 0.6 is 0 Å². The summed E-state index contributed by atoms with van der Waals surface area (Å²) in [6.07, 6.45) is -4.80. The van der Waals surface area contributed by atoms with Gasteiger partial charge in [0.05, 0.1) is 12.2 Å². The number of aliphatic hydroxyl groups excluding tert-OH is 1. The molecule has 170 valence electrons. The average molecular weight is 468 g/mol. The lowest BCUT2D eigenvalue weighted by molar-refractivity contribution is -0.140. The highest BCUT2D eigenvalue weighted by Crippen LogP contribution is 2.33. The van der Waals surface area contributed by atoms with Crippen molar-refractivity contribution in [3.63, 3.8) is 0 Å². The summed E-state index contributed by atoms with van der Waals surface area (Å²) >= 11 is 0. The monoisotopic (exact) mass is 468 g/mol. The van der Waals surface area contributed by atoms with Crippen molar-refractivity contribution in [2.24, 2.45) is 0 Å². The molecule has 0 spiro atoms. The number of hydrogen-bond acceptors (Lipinski definition) is 5. The molecule has 10 heteroatoms. The molecule has 0 aliphatic rings. The van der Waals surface area contributed by atoms with Gasteiger partial charge in [-0.15, -0.1) is 0 Å². The second-order valence-electron chi connectivity index (χ2n) is 6.55. The molecule has 0 aliphatic carbocycles. The minimum absolute atomic E-state index is 0.373. The molecule has 3 aromatic rings. The molecule has 0 aliphatic heterocycles. The molecular weight excluding hydrogens is 449 g/mol. The number of carbonyl (C=O) groups excluding carboxylic acids is 1. The second-order valence-corrected chi connectivity index (χ2v) is 7.94. The Kier molecular flexibility index (Phi) is 7.92. The first-order chi connectivity index (χ1) is 14.9. The lowest BCUT2D eigenvalue weighted by Gasteiger charge is -2.24. The Hall–Kier alpha value is -3.05. The van der Waals surface area contributed by atoms with Crippen molar-refractivity contribution < 1.29 is 41.1 Å². The zero-order valence-electron chi connectivity index (χ0n) is 16.4. The smallest absolute Gasteiger partial charge is 0.393 e. The third-order valence-electron chi connectivity index (χ3n) is 4.36. The fourth-order valence-corrected chi connectivity index (χ4v) is 3.47.